The lowest BCUT2D eigenvalue weighted by molar-refractivity contribution is -0.148. The largest absolute Gasteiger partial charge is 0.465 e. The van der Waals surface area contributed by atoms with Crippen molar-refractivity contribution in [2.45, 2.75) is 220 Å². The van der Waals surface area contributed by atoms with Gasteiger partial charge in [0, 0.05) is 31.4 Å². The maximum Gasteiger partial charge on any atom is 0.306 e. The van der Waals surface area contributed by atoms with E-state index in [0.29, 0.717) is 51.0 Å². The molecule has 0 fully saturated rings. The number of hydrogen-bond acceptors (Lipinski definition) is 6. The molecule has 47 heavy (non-hydrogen) atoms. The molecule has 0 aliphatic rings. The van der Waals surface area contributed by atoms with Crippen LogP contribution < -0.4 is 0 Å². The molecule has 0 aromatic heterocycles. The van der Waals surface area contributed by atoms with Gasteiger partial charge in [0.1, 0.15) is 11.9 Å². The predicted molar refractivity (Wildman–Crippen MR) is 203 cm³/mol. The first kappa shape index (κ1) is 46.0. The summed E-state index contributed by atoms with van der Waals surface area (Å²) in [5.41, 5.74) is 0. The van der Waals surface area contributed by atoms with Crippen LogP contribution in [0.2, 0.25) is 0 Å². The van der Waals surface area contributed by atoms with E-state index in [9.17, 15) is 14.4 Å². The summed E-state index contributed by atoms with van der Waals surface area (Å²) >= 11 is 1.92. The molecule has 0 aromatic rings. The molecule has 0 heterocycles. The lowest BCUT2D eigenvalue weighted by Gasteiger charge is -2.18. The zero-order chi connectivity index (χ0) is 34.6. The Kier molecular flexibility index (Phi) is 35.4. The predicted octanol–water partition coefficient (Wildman–Crippen LogP) is 12.8. The van der Waals surface area contributed by atoms with Crippen LogP contribution in [0.25, 0.3) is 0 Å². The Labute approximate surface area is 296 Å². The summed E-state index contributed by atoms with van der Waals surface area (Å²) in [6.45, 7) is 9.50. The molecule has 0 saturated carbocycles. The van der Waals surface area contributed by atoms with E-state index in [0.717, 1.165) is 50.0 Å². The van der Waals surface area contributed by atoms with E-state index >= 15 is 0 Å². The second-order valence-electron chi connectivity index (χ2n) is 14.0. The molecule has 0 rings (SSSR count). The summed E-state index contributed by atoms with van der Waals surface area (Å²) in [7, 11) is 0. The van der Waals surface area contributed by atoms with Crippen LogP contribution in [0.5, 0.6) is 0 Å². The fourth-order valence-corrected chi connectivity index (χ4v) is 7.11. The molecule has 0 amide bonds. The average Bonchev–Trinajstić information content (AvgIpc) is 3.06. The molecule has 0 saturated heterocycles. The SMILES string of the molecule is CCCCCCCCC(CCCCCC)COC(=O)CCCCC(=O)CCCCC(=O)OC(CCCCCC)CSCCCCCC. The Morgan fingerprint density at radius 1 is 0.489 bits per heavy atom. The van der Waals surface area contributed by atoms with Crippen LogP contribution in [-0.2, 0) is 23.9 Å². The molecular weight excluding hydrogens is 605 g/mol. The number of rotatable bonds is 37. The van der Waals surface area contributed by atoms with Crippen LogP contribution in [0.1, 0.15) is 214 Å². The summed E-state index contributed by atoms with van der Waals surface area (Å²) in [6, 6.07) is 0. The van der Waals surface area contributed by atoms with Gasteiger partial charge in [-0.2, -0.15) is 11.8 Å². The van der Waals surface area contributed by atoms with Gasteiger partial charge in [0.2, 0.25) is 0 Å². The van der Waals surface area contributed by atoms with Gasteiger partial charge < -0.3 is 9.47 Å². The Morgan fingerprint density at radius 3 is 1.51 bits per heavy atom. The van der Waals surface area contributed by atoms with Crippen LogP contribution in [0.3, 0.4) is 0 Å². The quantitative estimate of drug-likeness (QED) is 0.0480. The third-order valence-corrected chi connectivity index (χ3v) is 10.4. The third kappa shape index (κ3) is 33.2. The molecule has 0 aromatic carbocycles. The molecule has 2 atom stereocenters. The molecule has 6 heteroatoms. The Bertz CT molecular complexity index is 712. The van der Waals surface area contributed by atoms with Crippen molar-refractivity contribution in [1.82, 2.24) is 0 Å². The summed E-state index contributed by atoms with van der Waals surface area (Å²) in [5.74, 6) is 2.53. The number of ketones is 1. The normalized spacial score (nSPS) is 12.6. The van der Waals surface area contributed by atoms with Crippen LogP contribution in [0, 0.1) is 5.92 Å². The van der Waals surface area contributed by atoms with Crippen LogP contribution in [0.4, 0.5) is 0 Å². The highest BCUT2D eigenvalue weighted by atomic mass is 32.2. The molecule has 278 valence electrons. The minimum Gasteiger partial charge on any atom is -0.465 e. The van der Waals surface area contributed by atoms with E-state index in [1.807, 2.05) is 11.8 Å². The molecule has 0 aliphatic heterocycles. The van der Waals surface area contributed by atoms with E-state index < -0.39 is 0 Å². The van der Waals surface area contributed by atoms with Gasteiger partial charge in [0.05, 0.1) is 6.61 Å². The highest BCUT2D eigenvalue weighted by Gasteiger charge is 2.16. The molecule has 2 unspecified atom stereocenters. The fraction of sp³-hybridized carbons (Fsp3) is 0.927. The van der Waals surface area contributed by atoms with Gasteiger partial charge in [0.15, 0.2) is 0 Å². The van der Waals surface area contributed by atoms with Gasteiger partial charge in [-0.1, -0.05) is 130 Å². The first-order chi connectivity index (χ1) is 23.0. The summed E-state index contributed by atoms with van der Waals surface area (Å²) in [5, 5.41) is 0. The summed E-state index contributed by atoms with van der Waals surface area (Å²) in [4.78, 5) is 37.4. The van der Waals surface area contributed by atoms with E-state index in [4.69, 9.17) is 9.47 Å². The van der Waals surface area contributed by atoms with Gasteiger partial charge in [-0.25, -0.2) is 0 Å². The van der Waals surface area contributed by atoms with Crippen molar-refractivity contribution in [2.75, 3.05) is 18.1 Å². The van der Waals surface area contributed by atoms with Crippen molar-refractivity contribution in [3.8, 4) is 0 Å². The minimum absolute atomic E-state index is 0.0147. The highest BCUT2D eigenvalue weighted by molar-refractivity contribution is 7.99. The maximum atomic E-state index is 12.5. The second kappa shape index (κ2) is 36.2. The van der Waals surface area contributed by atoms with Crippen molar-refractivity contribution >= 4 is 29.5 Å². The van der Waals surface area contributed by atoms with Gasteiger partial charge in [0.25, 0.3) is 0 Å². The number of carbonyl (C=O) groups is 3. The molecule has 0 N–H and O–H groups in total. The van der Waals surface area contributed by atoms with E-state index in [1.54, 1.807) is 0 Å². The van der Waals surface area contributed by atoms with E-state index in [1.165, 1.54) is 109 Å². The molecule has 0 bridgehead atoms. The first-order valence-corrected chi connectivity index (χ1v) is 21.6. The maximum absolute atomic E-state index is 12.5. The zero-order valence-corrected chi connectivity index (χ0v) is 32.5. The van der Waals surface area contributed by atoms with Gasteiger partial charge in [-0.3, -0.25) is 14.4 Å². The van der Waals surface area contributed by atoms with Crippen LogP contribution >= 0.6 is 11.8 Å². The average molecular weight is 683 g/mol. The van der Waals surface area contributed by atoms with Crippen molar-refractivity contribution in [3.63, 3.8) is 0 Å². The number of Topliss-reactive ketones (excluding diaryl/α,β-unsaturated/α-hetero) is 1. The van der Waals surface area contributed by atoms with Gasteiger partial charge in [-0.05, 0) is 69.5 Å². The number of unbranched alkanes of at least 4 members (excludes halogenated alkanes) is 16. The summed E-state index contributed by atoms with van der Waals surface area (Å²) in [6.07, 6.45) is 30.6. The number of ether oxygens (including phenoxy) is 2. The van der Waals surface area contributed by atoms with Crippen molar-refractivity contribution < 1.29 is 23.9 Å². The Balaban J connectivity index is 4.15. The number of esters is 2. The summed E-state index contributed by atoms with van der Waals surface area (Å²) < 4.78 is 11.6. The third-order valence-electron chi connectivity index (χ3n) is 9.21. The number of carbonyl (C=O) groups excluding carboxylic acids is 3. The van der Waals surface area contributed by atoms with Gasteiger partial charge in [-0.15, -0.1) is 0 Å². The van der Waals surface area contributed by atoms with Crippen LogP contribution in [0.15, 0.2) is 0 Å². The highest BCUT2D eigenvalue weighted by Crippen LogP contribution is 2.20. The topological polar surface area (TPSA) is 69.7 Å². The van der Waals surface area contributed by atoms with Gasteiger partial charge >= 0.3 is 11.9 Å². The fourth-order valence-electron chi connectivity index (χ4n) is 6.04. The molecule has 0 aliphatic carbocycles. The molecule has 0 radical (unpaired) electrons. The molecule has 5 nitrogen and oxygen atoms in total. The number of hydrogen-bond donors (Lipinski definition) is 0. The first-order valence-electron chi connectivity index (χ1n) is 20.4. The molecule has 0 spiro atoms. The lowest BCUT2D eigenvalue weighted by atomic mass is 9.95. The van der Waals surface area contributed by atoms with Crippen molar-refractivity contribution in [3.05, 3.63) is 0 Å². The van der Waals surface area contributed by atoms with E-state index in [2.05, 4.69) is 27.7 Å². The minimum atomic E-state index is -0.115. The Morgan fingerprint density at radius 2 is 0.936 bits per heavy atom. The lowest BCUT2D eigenvalue weighted by Crippen LogP contribution is -2.21. The van der Waals surface area contributed by atoms with Crippen molar-refractivity contribution in [2.24, 2.45) is 5.92 Å². The van der Waals surface area contributed by atoms with E-state index in [-0.39, 0.29) is 23.8 Å². The zero-order valence-electron chi connectivity index (χ0n) is 31.7. The second-order valence-corrected chi connectivity index (χ2v) is 15.2. The standard InChI is InChI=1S/C41H78O5S/c1-5-9-13-17-18-20-28-37(27-19-14-10-6-2)35-45-40(43)32-24-22-29-38(42)30-23-25-33-41(44)46-39(31-21-15-11-7-3)36-47-34-26-16-12-8-4/h37,39H,5-36H2,1-4H3. The Hall–Kier alpha value is -1.04. The smallest absolute Gasteiger partial charge is 0.306 e. The van der Waals surface area contributed by atoms with Crippen LogP contribution in [-0.4, -0.2) is 41.9 Å². The molecular formula is C41H78O5S. The van der Waals surface area contributed by atoms with Crippen molar-refractivity contribution in [1.29, 1.82) is 0 Å². The number of thioether (sulfide) groups is 1. The monoisotopic (exact) mass is 683 g/mol.